The Labute approximate surface area is 132 Å². The molecule has 0 saturated heterocycles. The van der Waals surface area contributed by atoms with Gasteiger partial charge in [0.2, 0.25) is 0 Å². The van der Waals surface area contributed by atoms with E-state index in [4.69, 9.17) is 0 Å². The van der Waals surface area contributed by atoms with Gasteiger partial charge < -0.3 is 15.3 Å². The Hall–Kier alpha value is -1.06. The molecule has 0 unspecified atom stereocenters. The Morgan fingerprint density at radius 1 is 1.18 bits per heavy atom. The lowest BCUT2D eigenvalue weighted by molar-refractivity contribution is -0.125. The van der Waals surface area contributed by atoms with Crippen molar-refractivity contribution in [3.8, 4) is 5.75 Å². The molecule has 2 saturated carbocycles. The average Bonchev–Trinajstić information content (AvgIpc) is 2.68. The third-order valence-electron chi connectivity index (χ3n) is 7.25. The van der Waals surface area contributed by atoms with Crippen LogP contribution >= 0.6 is 0 Å². The smallest absolute Gasteiger partial charge is 0.115 e. The van der Waals surface area contributed by atoms with E-state index in [0.717, 1.165) is 25.7 Å². The van der Waals surface area contributed by atoms with E-state index >= 15 is 0 Å². The zero-order valence-corrected chi connectivity index (χ0v) is 13.4. The molecule has 3 nitrogen and oxygen atoms in total. The Kier molecular flexibility index (Phi) is 2.96. The summed E-state index contributed by atoms with van der Waals surface area (Å²) in [6.45, 7) is 4.13. The number of hydrogen-bond donors (Lipinski definition) is 3. The predicted octanol–water partition coefficient (Wildman–Crippen LogP) is 2.97. The van der Waals surface area contributed by atoms with E-state index in [9.17, 15) is 15.3 Å². The standard InChI is InChI=1S/C19H26O3/c1-18-10-16(21)17-13-6-4-12(20)9-11(13)3-5-14(17)15(18)7-8-19(18,2)22/h4,6,9,14-17,20-22H,3,5,7-8,10H2,1-2H3/t14-,15-,16-,17+,18-,19-/m0/s1. The fourth-order valence-electron chi connectivity index (χ4n) is 5.87. The number of benzene rings is 1. The summed E-state index contributed by atoms with van der Waals surface area (Å²) in [6, 6.07) is 5.60. The molecule has 0 amide bonds. The summed E-state index contributed by atoms with van der Waals surface area (Å²) in [4.78, 5) is 0. The molecule has 4 rings (SSSR count). The molecule has 2 fully saturated rings. The number of aliphatic hydroxyl groups is 2. The van der Waals surface area contributed by atoms with Gasteiger partial charge in [-0.25, -0.2) is 0 Å². The van der Waals surface area contributed by atoms with Gasteiger partial charge in [0.05, 0.1) is 11.7 Å². The van der Waals surface area contributed by atoms with Crippen LogP contribution in [0.4, 0.5) is 0 Å². The molecule has 3 heteroatoms. The van der Waals surface area contributed by atoms with E-state index in [1.165, 1.54) is 11.1 Å². The largest absolute Gasteiger partial charge is 0.508 e. The van der Waals surface area contributed by atoms with Crippen LogP contribution in [0.1, 0.15) is 56.6 Å². The van der Waals surface area contributed by atoms with Crippen LogP contribution in [-0.4, -0.2) is 27.0 Å². The average molecular weight is 302 g/mol. The van der Waals surface area contributed by atoms with Crippen LogP contribution in [0.25, 0.3) is 0 Å². The van der Waals surface area contributed by atoms with Gasteiger partial charge in [0.1, 0.15) is 5.75 Å². The lowest BCUT2D eigenvalue weighted by Crippen LogP contribution is -2.53. The van der Waals surface area contributed by atoms with Crippen LogP contribution in [0, 0.1) is 17.3 Å². The predicted molar refractivity (Wildman–Crippen MR) is 84.7 cm³/mol. The first-order valence-electron chi connectivity index (χ1n) is 8.56. The molecule has 0 aromatic heterocycles. The monoisotopic (exact) mass is 302 g/mol. The maximum Gasteiger partial charge on any atom is 0.115 e. The van der Waals surface area contributed by atoms with Crippen molar-refractivity contribution < 1.29 is 15.3 Å². The summed E-state index contributed by atoms with van der Waals surface area (Å²) in [6.07, 6.45) is 4.18. The first kappa shape index (κ1) is 14.5. The minimum absolute atomic E-state index is 0.163. The summed E-state index contributed by atoms with van der Waals surface area (Å²) >= 11 is 0. The summed E-state index contributed by atoms with van der Waals surface area (Å²) in [7, 11) is 0. The van der Waals surface area contributed by atoms with E-state index in [2.05, 4.69) is 6.92 Å². The number of fused-ring (bicyclic) bond motifs is 5. The zero-order valence-electron chi connectivity index (χ0n) is 13.4. The van der Waals surface area contributed by atoms with Gasteiger partial charge in [-0.15, -0.1) is 0 Å². The zero-order chi connectivity index (χ0) is 15.7. The van der Waals surface area contributed by atoms with Crippen LogP contribution in [0.3, 0.4) is 0 Å². The fraction of sp³-hybridized carbons (Fsp3) is 0.684. The highest BCUT2D eigenvalue weighted by molar-refractivity contribution is 5.41. The summed E-state index contributed by atoms with van der Waals surface area (Å²) in [5.74, 6) is 1.41. The molecule has 0 bridgehead atoms. The first-order valence-corrected chi connectivity index (χ1v) is 8.56. The maximum atomic E-state index is 10.9. The molecular weight excluding hydrogens is 276 g/mol. The van der Waals surface area contributed by atoms with Crippen molar-refractivity contribution in [2.75, 3.05) is 0 Å². The number of rotatable bonds is 0. The van der Waals surface area contributed by atoms with Gasteiger partial charge >= 0.3 is 0 Å². The van der Waals surface area contributed by atoms with E-state index in [1.807, 2.05) is 19.1 Å². The second kappa shape index (κ2) is 4.48. The molecule has 3 N–H and O–H groups in total. The Balaban J connectivity index is 1.77. The van der Waals surface area contributed by atoms with Gasteiger partial charge in [0.15, 0.2) is 0 Å². The Morgan fingerprint density at radius 2 is 1.95 bits per heavy atom. The molecule has 0 aliphatic heterocycles. The Morgan fingerprint density at radius 3 is 2.73 bits per heavy atom. The molecule has 22 heavy (non-hydrogen) atoms. The highest BCUT2D eigenvalue weighted by Crippen LogP contribution is 2.64. The minimum Gasteiger partial charge on any atom is -0.508 e. The van der Waals surface area contributed by atoms with Crippen LogP contribution in [0.15, 0.2) is 18.2 Å². The van der Waals surface area contributed by atoms with Crippen LogP contribution in [-0.2, 0) is 6.42 Å². The highest BCUT2D eigenvalue weighted by Gasteiger charge is 2.61. The number of hydrogen-bond acceptors (Lipinski definition) is 3. The van der Waals surface area contributed by atoms with Crippen molar-refractivity contribution in [1.29, 1.82) is 0 Å². The second-order valence-electron chi connectivity index (χ2n) is 8.22. The number of aliphatic hydroxyl groups excluding tert-OH is 1. The molecule has 6 atom stereocenters. The van der Waals surface area contributed by atoms with Crippen molar-refractivity contribution in [3.05, 3.63) is 29.3 Å². The van der Waals surface area contributed by atoms with Crippen LogP contribution in [0.2, 0.25) is 0 Å². The number of aromatic hydroxyl groups is 1. The molecular formula is C19H26O3. The molecule has 120 valence electrons. The molecule has 0 heterocycles. The Bertz CT molecular complexity index is 609. The molecule has 3 aliphatic carbocycles. The minimum atomic E-state index is -0.668. The molecule has 1 aromatic rings. The van der Waals surface area contributed by atoms with Gasteiger partial charge in [-0.1, -0.05) is 13.0 Å². The van der Waals surface area contributed by atoms with Crippen molar-refractivity contribution in [1.82, 2.24) is 0 Å². The molecule has 0 radical (unpaired) electrons. The van der Waals surface area contributed by atoms with Crippen LogP contribution < -0.4 is 0 Å². The summed E-state index contributed by atoms with van der Waals surface area (Å²) in [5.41, 5.74) is 1.56. The van der Waals surface area contributed by atoms with Gasteiger partial charge in [0, 0.05) is 11.3 Å². The van der Waals surface area contributed by atoms with Crippen molar-refractivity contribution in [2.45, 2.75) is 63.6 Å². The van der Waals surface area contributed by atoms with E-state index < -0.39 is 11.7 Å². The normalized spacial score (nSPS) is 46.7. The fourth-order valence-corrected chi connectivity index (χ4v) is 5.87. The SMILES string of the molecule is C[C@]1(O)CC[C@H]2[C@@H]3CCc4cc(O)ccc4[C@H]3[C@@H](O)C[C@@]21C. The van der Waals surface area contributed by atoms with E-state index in [1.54, 1.807) is 6.07 Å². The van der Waals surface area contributed by atoms with Crippen molar-refractivity contribution in [3.63, 3.8) is 0 Å². The molecule has 1 aromatic carbocycles. The van der Waals surface area contributed by atoms with Gasteiger partial charge in [-0.2, -0.15) is 0 Å². The van der Waals surface area contributed by atoms with Gasteiger partial charge in [-0.3, -0.25) is 0 Å². The van der Waals surface area contributed by atoms with E-state index in [0.29, 0.717) is 24.0 Å². The number of aryl methyl sites for hydroxylation is 1. The third kappa shape index (κ3) is 1.75. The highest BCUT2D eigenvalue weighted by atomic mass is 16.3. The van der Waals surface area contributed by atoms with Crippen LogP contribution in [0.5, 0.6) is 5.75 Å². The van der Waals surface area contributed by atoms with Gasteiger partial charge in [0.25, 0.3) is 0 Å². The third-order valence-corrected chi connectivity index (χ3v) is 7.25. The number of phenolic OH excluding ortho intramolecular Hbond substituents is 1. The van der Waals surface area contributed by atoms with Crippen molar-refractivity contribution >= 4 is 0 Å². The molecule has 3 aliphatic rings. The lowest BCUT2D eigenvalue weighted by atomic mass is 9.52. The van der Waals surface area contributed by atoms with Gasteiger partial charge in [-0.05, 0) is 74.1 Å². The topological polar surface area (TPSA) is 60.7 Å². The lowest BCUT2D eigenvalue weighted by Gasteiger charge is -2.54. The summed E-state index contributed by atoms with van der Waals surface area (Å²) in [5, 5.41) is 31.5. The van der Waals surface area contributed by atoms with E-state index in [-0.39, 0.29) is 11.3 Å². The number of phenols is 1. The first-order chi connectivity index (χ1) is 10.3. The second-order valence-corrected chi connectivity index (χ2v) is 8.22. The maximum absolute atomic E-state index is 10.9. The summed E-state index contributed by atoms with van der Waals surface area (Å²) < 4.78 is 0. The van der Waals surface area contributed by atoms with Crippen molar-refractivity contribution in [2.24, 2.45) is 17.3 Å². The molecule has 0 spiro atoms. The quantitative estimate of drug-likeness (QED) is 0.690.